The fourth-order valence-corrected chi connectivity index (χ4v) is 5.11. The van der Waals surface area contributed by atoms with Gasteiger partial charge in [0.2, 0.25) is 0 Å². The minimum absolute atomic E-state index is 0.0174. The van der Waals surface area contributed by atoms with Crippen LogP contribution >= 0.6 is 15.9 Å². The van der Waals surface area contributed by atoms with Crippen LogP contribution in [0.15, 0.2) is 76.1 Å². The Hall–Kier alpha value is -2.84. The van der Waals surface area contributed by atoms with Crippen LogP contribution in [-0.2, 0) is 21.2 Å². The highest BCUT2D eigenvalue weighted by molar-refractivity contribution is 9.10. The fourth-order valence-electron chi connectivity index (χ4n) is 3.16. The van der Waals surface area contributed by atoms with Crippen LogP contribution in [0.4, 0.5) is 5.69 Å². The summed E-state index contributed by atoms with van der Waals surface area (Å²) in [6.45, 7) is 5.78. The number of ether oxygens (including phenoxy) is 2. The molecular formula is C25H26BrNO5S. The van der Waals surface area contributed by atoms with Gasteiger partial charge in [0, 0.05) is 0 Å². The minimum atomic E-state index is -4.17. The lowest BCUT2D eigenvalue weighted by Gasteiger charge is -2.23. The number of rotatable bonds is 9. The van der Waals surface area contributed by atoms with Crippen LogP contribution in [-0.4, -0.2) is 27.5 Å². The summed E-state index contributed by atoms with van der Waals surface area (Å²) in [5, 5.41) is 0. The SMILES string of the molecule is CCOc1ccc(N(C(=O)COc2ccc(CC)cc2Br)S(=O)(=O)c2ccc(C)cc2)cc1. The van der Waals surface area contributed by atoms with Crippen LogP contribution in [0.25, 0.3) is 0 Å². The van der Waals surface area contributed by atoms with Crippen LogP contribution in [0.1, 0.15) is 25.0 Å². The third kappa shape index (κ3) is 5.94. The highest BCUT2D eigenvalue weighted by Crippen LogP contribution is 2.29. The molecule has 0 fully saturated rings. The average molecular weight is 532 g/mol. The van der Waals surface area contributed by atoms with E-state index in [0.717, 1.165) is 21.9 Å². The molecule has 0 atom stereocenters. The molecule has 174 valence electrons. The van der Waals surface area contributed by atoms with Crippen molar-refractivity contribution < 1.29 is 22.7 Å². The molecule has 0 heterocycles. The summed E-state index contributed by atoms with van der Waals surface area (Å²) in [5.41, 5.74) is 2.23. The van der Waals surface area contributed by atoms with E-state index >= 15 is 0 Å². The molecule has 0 N–H and O–H groups in total. The van der Waals surface area contributed by atoms with E-state index < -0.39 is 22.5 Å². The highest BCUT2D eigenvalue weighted by atomic mass is 79.9. The molecule has 1 amide bonds. The van der Waals surface area contributed by atoms with E-state index in [9.17, 15) is 13.2 Å². The van der Waals surface area contributed by atoms with E-state index in [4.69, 9.17) is 9.47 Å². The van der Waals surface area contributed by atoms with Gasteiger partial charge in [-0.2, -0.15) is 4.31 Å². The molecule has 0 radical (unpaired) electrons. The molecule has 0 saturated heterocycles. The van der Waals surface area contributed by atoms with Gasteiger partial charge in [-0.15, -0.1) is 0 Å². The Kier molecular flexibility index (Phi) is 8.15. The number of nitrogens with zero attached hydrogens (tertiary/aromatic N) is 1. The van der Waals surface area contributed by atoms with Gasteiger partial charge >= 0.3 is 0 Å². The predicted molar refractivity (Wildman–Crippen MR) is 132 cm³/mol. The summed E-state index contributed by atoms with van der Waals surface area (Å²) in [7, 11) is -4.17. The first-order valence-electron chi connectivity index (χ1n) is 10.5. The molecule has 0 saturated carbocycles. The number of anilines is 1. The monoisotopic (exact) mass is 531 g/mol. The summed E-state index contributed by atoms with van der Waals surface area (Å²) >= 11 is 3.44. The summed E-state index contributed by atoms with van der Waals surface area (Å²) < 4.78 is 39.5. The molecule has 0 unspecified atom stereocenters. The third-order valence-electron chi connectivity index (χ3n) is 4.92. The molecule has 33 heavy (non-hydrogen) atoms. The Morgan fingerprint density at radius 1 is 0.939 bits per heavy atom. The van der Waals surface area contributed by atoms with Crippen LogP contribution in [0.3, 0.4) is 0 Å². The molecule has 3 aromatic rings. The Bertz CT molecular complexity index is 1210. The zero-order chi connectivity index (χ0) is 24.0. The van der Waals surface area contributed by atoms with Crippen LogP contribution < -0.4 is 13.8 Å². The Balaban J connectivity index is 1.93. The predicted octanol–water partition coefficient (Wildman–Crippen LogP) is 5.52. The number of halogens is 1. The van der Waals surface area contributed by atoms with Crippen molar-refractivity contribution in [1.29, 1.82) is 0 Å². The third-order valence-corrected chi connectivity index (χ3v) is 7.31. The second-order valence-electron chi connectivity index (χ2n) is 7.31. The first-order valence-corrected chi connectivity index (χ1v) is 12.8. The second-order valence-corrected chi connectivity index (χ2v) is 9.95. The summed E-state index contributed by atoms with van der Waals surface area (Å²) in [4.78, 5) is 13.2. The zero-order valence-corrected chi connectivity index (χ0v) is 21.1. The molecule has 0 bridgehead atoms. The maximum Gasteiger partial charge on any atom is 0.278 e. The van der Waals surface area contributed by atoms with E-state index in [0.29, 0.717) is 22.6 Å². The summed E-state index contributed by atoms with van der Waals surface area (Å²) in [6.07, 6.45) is 0.859. The number of amides is 1. The smallest absolute Gasteiger partial charge is 0.278 e. The van der Waals surface area contributed by atoms with Crippen molar-refractivity contribution in [2.75, 3.05) is 17.5 Å². The van der Waals surface area contributed by atoms with E-state index in [2.05, 4.69) is 15.9 Å². The number of aryl methyl sites for hydroxylation is 2. The number of carbonyl (C=O) groups excluding carboxylic acids is 1. The molecular weight excluding hydrogens is 506 g/mol. The van der Waals surface area contributed by atoms with E-state index in [-0.39, 0.29) is 10.6 Å². The molecule has 3 aromatic carbocycles. The largest absolute Gasteiger partial charge is 0.494 e. The first-order chi connectivity index (χ1) is 15.8. The molecule has 3 rings (SSSR count). The average Bonchev–Trinajstić information content (AvgIpc) is 2.80. The highest BCUT2D eigenvalue weighted by Gasteiger charge is 2.31. The normalized spacial score (nSPS) is 11.2. The lowest BCUT2D eigenvalue weighted by molar-refractivity contribution is -0.119. The molecule has 8 heteroatoms. The lowest BCUT2D eigenvalue weighted by atomic mass is 10.2. The standard InChI is InChI=1S/C25H26BrNO5S/c1-4-19-8-15-24(23(26)16-19)32-17-25(28)27(20-9-11-21(12-10-20)31-5-2)33(29,30)22-13-6-18(3)7-14-22/h6-16H,4-5,17H2,1-3H3. The van der Waals surface area contributed by atoms with E-state index in [1.807, 2.05) is 32.9 Å². The molecule has 0 aliphatic rings. The number of carbonyl (C=O) groups is 1. The van der Waals surface area contributed by atoms with Crippen molar-refractivity contribution >= 4 is 37.5 Å². The van der Waals surface area contributed by atoms with Crippen molar-refractivity contribution in [2.45, 2.75) is 32.1 Å². The number of hydrogen-bond acceptors (Lipinski definition) is 5. The first kappa shape index (κ1) is 24.8. The van der Waals surface area contributed by atoms with Crippen LogP contribution in [0.5, 0.6) is 11.5 Å². The quantitative estimate of drug-likeness (QED) is 0.363. The topological polar surface area (TPSA) is 72.9 Å². The zero-order valence-electron chi connectivity index (χ0n) is 18.7. The van der Waals surface area contributed by atoms with Crippen LogP contribution in [0.2, 0.25) is 0 Å². The minimum Gasteiger partial charge on any atom is -0.494 e. The van der Waals surface area contributed by atoms with Gasteiger partial charge in [0.1, 0.15) is 11.5 Å². The molecule has 0 spiro atoms. The Labute approximate surface area is 203 Å². The van der Waals surface area contributed by atoms with Gasteiger partial charge in [-0.05, 0) is 90.3 Å². The van der Waals surface area contributed by atoms with Gasteiger partial charge in [0.15, 0.2) is 6.61 Å². The van der Waals surface area contributed by atoms with Crippen molar-refractivity contribution in [3.8, 4) is 11.5 Å². The van der Waals surface area contributed by atoms with Gasteiger partial charge in [-0.25, -0.2) is 8.42 Å². The number of sulfonamides is 1. The maximum absolute atomic E-state index is 13.5. The van der Waals surface area contributed by atoms with Gasteiger partial charge in [0.25, 0.3) is 15.9 Å². The molecule has 0 aromatic heterocycles. The van der Waals surface area contributed by atoms with Crippen molar-refractivity contribution in [2.24, 2.45) is 0 Å². The molecule has 6 nitrogen and oxygen atoms in total. The van der Waals surface area contributed by atoms with Crippen LogP contribution in [0, 0.1) is 6.92 Å². The van der Waals surface area contributed by atoms with Gasteiger partial charge < -0.3 is 9.47 Å². The van der Waals surface area contributed by atoms with Crippen molar-refractivity contribution in [3.63, 3.8) is 0 Å². The number of benzene rings is 3. The van der Waals surface area contributed by atoms with Gasteiger partial charge in [-0.1, -0.05) is 30.7 Å². The Morgan fingerprint density at radius 2 is 1.61 bits per heavy atom. The summed E-state index contributed by atoms with van der Waals surface area (Å²) in [6, 6.07) is 18.3. The van der Waals surface area contributed by atoms with E-state index in [1.54, 1.807) is 42.5 Å². The van der Waals surface area contributed by atoms with Crippen molar-refractivity contribution in [1.82, 2.24) is 0 Å². The summed E-state index contributed by atoms with van der Waals surface area (Å²) in [5.74, 6) is 0.323. The Morgan fingerprint density at radius 3 is 2.18 bits per heavy atom. The maximum atomic E-state index is 13.5. The van der Waals surface area contributed by atoms with Crippen molar-refractivity contribution in [3.05, 3.63) is 82.3 Å². The molecule has 0 aliphatic carbocycles. The van der Waals surface area contributed by atoms with E-state index in [1.165, 1.54) is 12.1 Å². The van der Waals surface area contributed by atoms with Gasteiger partial charge in [0.05, 0.1) is 21.7 Å². The second kappa shape index (κ2) is 10.9. The lowest BCUT2D eigenvalue weighted by Crippen LogP contribution is -2.40. The molecule has 0 aliphatic heterocycles. The number of hydrogen-bond donors (Lipinski definition) is 0. The van der Waals surface area contributed by atoms with Gasteiger partial charge in [-0.3, -0.25) is 4.79 Å². The fraction of sp³-hybridized carbons (Fsp3) is 0.240.